The molecule has 4 aromatic heterocycles. The maximum absolute atomic E-state index is 14.2. The number of hydrogen-bond donors (Lipinski definition) is 0. The lowest BCUT2D eigenvalue weighted by Gasteiger charge is -2.23. The van der Waals surface area contributed by atoms with E-state index in [2.05, 4.69) is 139 Å². The van der Waals surface area contributed by atoms with Crippen LogP contribution in [0.1, 0.15) is 138 Å². The van der Waals surface area contributed by atoms with Gasteiger partial charge in [-0.25, -0.2) is 0 Å². The van der Waals surface area contributed by atoms with Gasteiger partial charge in [0.1, 0.15) is 0 Å². The van der Waals surface area contributed by atoms with Crippen molar-refractivity contribution in [2.45, 2.75) is 119 Å². The summed E-state index contributed by atoms with van der Waals surface area (Å²) < 4.78 is 4.95. The highest BCUT2D eigenvalue weighted by molar-refractivity contribution is 6.30. The lowest BCUT2D eigenvalue weighted by molar-refractivity contribution is 0.0799. The lowest BCUT2D eigenvalue weighted by atomic mass is 9.79. The minimum atomic E-state index is -0.304. The van der Waals surface area contributed by atoms with Crippen molar-refractivity contribution in [1.82, 2.24) is 8.80 Å². The van der Waals surface area contributed by atoms with Gasteiger partial charge in [0.15, 0.2) is 11.6 Å². The Morgan fingerprint density at radius 2 is 0.750 bits per heavy atom. The molecule has 56 heavy (non-hydrogen) atoms. The third-order valence-electron chi connectivity index (χ3n) is 15.3. The molecule has 5 aromatic carbocycles. The highest BCUT2D eigenvalue weighted by atomic mass is 16.1. The van der Waals surface area contributed by atoms with Gasteiger partial charge in [0.2, 0.25) is 0 Å². The zero-order chi connectivity index (χ0) is 39.2. The van der Waals surface area contributed by atoms with E-state index in [-0.39, 0.29) is 21.7 Å². The number of fused-ring (bicyclic) bond motifs is 14. The second-order valence-electron chi connectivity index (χ2n) is 19.9. The Labute approximate surface area is 328 Å². The van der Waals surface area contributed by atoms with Gasteiger partial charge in [0.05, 0.1) is 33.1 Å². The third-order valence-corrected chi connectivity index (χ3v) is 15.3. The predicted octanol–water partition coefficient (Wildman–Crippen LogP) is 13.7. The molecule has 282 valence electrons. The molecule has 11 rings (SSSR count). The Kier molecular flexibility index (Phi) is 6.43. The van der Waals surface area contributed by atoms with E-state index in [4.69, 9.17) is 0 Å². The zero-order valence-electron chi connectivity index (χ0n) is 34.7. The van der Waals surface area contributed by atoms with Gasteiger partial charge in [-0.3, -0.25) is 9.59 Å². The predicted molar refractivity (Wildman–Crippen MR) is 235 cm³/mol. The van der Waals surface area contributed by atoms with Gasteiger partial charge in [-0.15, -0.1) is 0 Å². The molecule has 4 heteroatoms. The maximum atomic E-state index is 14.2. The van der Waals surface area contributed by atoms with Crippen molar-refractivity contribution in [3.05, 3.63) is 94.0 Å². The molecular weight excluding hydrogens is 685 g/mol. The van der Waals surface area contributed by atoms with Gasteiger partial charge in [0.25, 0.3) is 0 Å². The van der Waals surface area contributed by atoms with Crippen molar-refractivity contribution in [3.63, 3.8) is 0 Å². The van der Waals surface area contributed by atoms with Crippen LogP contribution in [-0.2, 0) is 23.7 Å². The van der Waals surface area contributed by atoms with E-state index in [0.717, 1.165) is 60.7 Å². The first-order valence-electron chi connectivity index (χ1n) is 21.2. The molecule has 0 aliphatic heterocycles. The van der Waals surface area contributed by atoms with Crippen molar-refractivity contribution < 1.29 is 9.59 Å². The molecule has 0 unspecified atom stereocenters. The van der Waals surface area contributed by atoms with E-state index in [1.54, 1.807) is 0 Å². The lowest BCUT2D eigenvalue weighted by Crippen LogP contribution is -2.26. The van der Waals surface area contributed by atoms with Crippen molar-refractivity contribution in [2.24, 2.45) is 10.8 Å². The average molecular weight is 737 g/mol. The normalized spacial score (nSPS) is 17.2. The third kappa shape index (κ3) is 3.96. The van der Waals surface area contributed by atoms with Gasteiger partial charge >= 0.3 is 0 Å². The summed E-state index contributed by atoms with van der Waals surface area (Å²) in [6, 6.07) is 23.8. The monoisotopic (exact) mass is 736 g/mol. The van der Waals surface area contributed by atoms with Crippen LogP contribution in [0.2, 0.25) is 0 Å². The number of aromatic nitrogens is 2. The Morgan fingerprint density at radius 3 is 1.05 bits per heavy atom. The summed E-state index contributed by atoms with van der Waals surface area (Å²) in [6.07, 6.45) is 5.10. The standard InChI is InChI=1S/C52H52N2O2/c1-11-51(12-2)25-27-15-33-37-17-29(49(5,6)7)19-39-35-24-44-36(23-43(35)53(45(37)39)41(33)21-31(27)47(51)55)40-20-30(50(8,9)10)18-38-34-16-28-26-52(13-3,14-4)48(56)32(28)22-42(34)54(44)46(38)40/h15-24H,11-14,25-26H2,1-10H3. The first-order valence-corrected chi connectivity index (χ1v) is 21.2. The molecule has 0 amide bonds. The number of Topliss-reactive ketones (excluding diaryl/α,β-unsaturated/α-hetero) is 2. The van der Waals surface area contributed by atoms with Crippen molar-refractivity contribution in [1.29, 1.82) is 0 Å². The summed E-state index contributed by atoms with van der Waals surface area (Å²) in [7, 11) is 0. The van der Waals surface area contributed by atoms with Crippen LogP contribution in [0.15, 0.2) is 60.7 Å². The SMILES string of the molecule is CCC1(CC)Cc2cc3c4cc(C(C)(C)C)cc5c6cc7c(cc6n(c3cc2C1=O)c45)c1cc(C(C)(C)C)cc2c3cc4c(cc3n7c21)C(=O)C(CC)(CC)C4. The highest BCUT2D eigenvalue weighted by Gasteiger charge is 2.44. The number of ketones is 2. The molecule has 0 saturated carbocycles. The smallest absolute Gasteiger partial charge is 0.169 e. The molecule has 0 atom stereocenters. The van der Waals surface area contributed by atoms with Gasteiger partial charge in [-0.2, -0.15) is 0 Å². The summed E-state index contributed by atoms with van der Waals surface area (Å²) in [5, 5.41) is 10.0. The Hall–Kier alpha value is -4.96. The summed E-state index contributed by atoms with van der Waals surface area (Å²) in [5.74, 6) is 0.626. The van der Waals surface area contributed by atoms with E-state index in [1.165, 1.54) is 87.4 Å². The molecule has 2 aliphatic carbocycles. The minimum absolute atomic E-state index is 0.0492. The number of benzene rings is 5. The molecule has 4 nitrogen and oxygen atoms in total. The molecular formula is C52H52N2O2. The molecule has 4 heterocycles. The van der Waals surface area contributed by atoms with Crippen LogP contribution in [0.5, 0.6) is 0 Å². The van der Waals surface area contributed by atoms with Crippen LogP contribution in [0.25, 0.3) is 76.2 Å². The topological polar surface area (TPSA) is 43.0 Å². The Balaban J connectivity index is 1.31. The number of nitrogens with zero attached hydrogens (tertiary/aromatic N) is 2. The first kappa shape index (κ1) is 34.3. The number of rotatable bonds is 4. The quantitative estimate of drug-likeness (QED) is 0.181. The fourth-order valence-corrected chi connectivity index (χ4v) is 11.4. The second-order valence-corrected chi connectivity index (χ2v) is 19.9. The first-order chi connectivity index (χ1) is 26.6. The molecule has 2 aliphatic rings. The zero-order valence-corrected chi connectivity index (χ0v) is 34.7. The fourth-order valence-electron chi connectivity index (χ4n) is 11.4. The second kappa shape index (κ2) is 10.5. The van der Waals surface area contributed by atoms with E-state index in [0.29, 0.717) is 11.6 Å². The van der Waals surface area contributed by atoms with Gasteiger partial charge < -0.3 is 8.80 Å². The highest BCUT2D eigenvalue weighted by Crippen LogP contribution is 2.51. The Morgan fingerprint density at radius 1 is 0.446 bits per heavy atom. The summed E-state index contributed by atoms with van der Waals surface area (Å²) in [6.45, 7) is 22.6. The van der Waals surface area contributed by atoms with Crippen LogP contribution in [0.4, 0.5) is 0 Å². The van der Waals surface area contributed by atoms with Crippen molar-refractivity contribution in [3.8, 4) is 0 Å². The van der Waals surface area contributed by atoms with Crippen LogP contribution >= 0.6 is 0 Å². The van der Waals surface area contributed by atoms with Crippen molar-refractivity contribution in [2.75, 3.05) is 0 Å². The molecule has 0 N–H and O–H groups in total. The van der Waals surface area contributed by atoms with E-state index < -0.39 is 0 Å². The number of carbonyl (C=O) groups excluding carboxylic acids is 2. The minimum Gasteiger partial charge on any atom is -0.308 e. The van der Waals surface area contributed by atoms with Gasteiger partial charge in [-0.1, -0.05) is 69.2 Å². The van der Waals surface area contributed by atoms with Crippen LogP contribution in [0, 0.1) is 10.8 Å². The van der Waals surface area contributed by atoms with E-state index in [1.807, 2.05) is 0 Å². The van der Waals surface area contributed by atoms with Gasteiger partial charge in [-0.05, 0) is 132 Å². The molecule has 0 fully saturated rings. The number of hydrogen-bond acceptors (Lipinski definition) is 2. The summed E-state index contributed by atoms with van der Waals surface area (Å²) >= 11 is 0. The number of carbonyl (C=O) groups is 2. The van der Waals surface area contributed by atoms with Crippen molar-refractivity contribution >= 4 is 87.8 Å². The van der Waals surface area contributed by atoms with E-state index >= 15 is 0 Å². The maximum Gasteiger partial charge on any atom is 0.169 e. The Bertz CT molecular complexity index is 3010. The molecule has 9 aromatic rings. The fraction of sp³-hybridized carbons (Fsp3) is 0.385. The van der Waals surface area contributed by atoms with Gasteiger partial charge in [0, 0.05) is 65.0 Å². The van der Waals surface area contributed by atoms with E-state index in [9.17, 15) is 9.59 Å². The average Bonchev–Trinajstić information content (AvgIpc) is 3.98. The van der Waals surface area contributed by atoms with Crippen LogP contribution in [-0.4, -0.2) is 20.4 Å². The largest absolute Gasteiger partial charge is 0.308 e. The molecule has 0 bridgehead atoms. The summed E-state index contributed by atoms with van der Waals surface area (Å²) in [5.41, 5.74) is 13.3. The molecule has 0 saturated heterocycles. The van der Waals surface area contributed by atoms with Crippen LogP contribution < -0.4 is 0 Å². The van der Waals surface area contributed by atoms with Crippen LogP contribution in [0.3, 0.4) is 0 Å². The molecule has 0 spiro atoms. The molecule has 0 radical (unpaired) electrons. The summed E-state index contributed by atoms with van der Waals surface area (Å²) in [4.78, 5) is 28.4.